The van der Waals surface area contributed by atoms with Gasteiger partial charge >= 0.3 is 0 Å². The predicted octanol–water partition coefficient (Wildman–Crippen LogP) is 3.49. The number of aliphatic imine (C=N–C) groups is 1. The van der Waals surface area contributed by atoms with E-state index < -0.39 is 6.04 Å². The Hall–Kier alpha value is -4.18. The van der Waals surface area contributed by atoms with E-state index in [1.165, 1.54) is 0 Å². The van der Waals surface area contributed by atoms with E-state index in [0.717, 1.165) is 41.8 Å². The van der Waals surface area contributed by atoms with Gasteiger partial charge in [-0.3, -0.25) is 19.5 Å². The van der Waals surface area contributed by atoms with E-state index in [0.29, 0.717) is 41.1 Å². The first-order chi connectivity index (χ1) is 18.1. The van der Waals surface area contributed by atoms with Crippen molar-refractivity contribution in [2.24, 2.45) is 4.99 Å². The number of anilines is 1. The molecule has 1 fully saturated rings. The lowest BCUT2D eigenvalue weighted by molar-refractivity contribution is 0.195. The number of methoxy groups -OCH3 is 1. The number of hydrogen-bond donors (Lipinski definition) is 2. The summed E-state index contributed by atoms with van der Waals surface area (Å²) in [5.41, 5.74) is 3.94. The number of H-pyrrole nitrogens is 1. The summed E-state index contributed by atoms with van der Waals surface area (Å²) in [4.78, 5) is 29.4. The van der Waals surface area contributed by atoms with Gasteiger partial charge in [-0.25, -0.2) is 15.0 Å². The zero-order chi connectivity index (χ0) is 25.1. The lowest BCUT2D eigenvalue weighted by Crippen LogP contribution is -2.34. The zero-order valence-corrected chi connectivity index (χ0v) is 20.6. The monoisotopic (exact) mass is 497 g/mol. The summed E-state index contributed by atoms with van der Waals surface area (Å²) in [6, 6.07) is 11.4. The van der Waals surface area contributed by atoms with Crippen LogP contribution in [0.2, 0.25) is 0 Å². The first-order valence-electron chi connectivity index (χ1n) is 12.6. The Kier molecular flexibility index (Phi) is 5.03. The largest absolute Gasteiger partial charge is 0.487 e. The first-order valence-corrected chi connectivity index (χ1v) is 12.6. The molecule has 0 aliphatic carbocycles. The fourth-order valence-corrected chi connectivity index (χ4v) is 5.72. The molecule has 0 saturated carbocycles. The number of para-hydroxylation sites is 1. The average Bonchev–Trinajstić information content (AvgIpc) is 3.44. The number of aromatic nitrogens is 4. The van der Waals surface area contributed by atoms with Crippen molar-refractivity contribution in [3.8, 4) is 17.1 Å². The molecule has 4 atom stereocenters. The number of fused-ring (bicyclic) bond motifs is 5. The molecular weight excluding hydrogens is 470 g/mol. The van der Waals surface area contributed by atoms with Crippen molar-refractivity contribution in [2.45, 2.75) is 38.1 Å². The number of nitrogens with zero attached hydrogens (tertiary/aromatic N) is 5. The van der Waals surface area contributed by atoms with E-state index >= 15 is 0 Å². The second-order valence-corrected chi connectivity index (χ2v) is 9.83. The summed E-state index contributed by atoms with van der Waals surface area (Å²) in [7, 11) is 1.61. The molecule has 0 amide bonds. The van der Waals surface area contributed by atoms with Crippen LogP contribution in [0.1, 0.15) is 24.9 Å². The number of nitrogens with one attached hydrogen (secondary N) is 2. The van der Waals surface area contributed by atoms with Gasteiger partial charge in [0.2, 0.25) is 5.90 Å². The van der Waals surface area contributed by atoms with Gasteiger partial charge in [0.25, 0.3) is 5.56 Å². The number of hydrogen-bond acceptors (Lipinski definition) is 8. The highest BCUT2D eigenvalue weighted by molar-refractivity contribution is 5.99. The Morgan fingerprint density at radius 2 is 2.00 bits per heavy atom. The number of benzene rings is 2. The number of ether oxygens (including phenoxy) is 2. The highest BCUT2D eigenvalue weighted by Crippen LogP contribution is 2.45. The van der Waals surface area contributed by atoms with Gasteiger partial charge in [0.05, 0.1) is 30.2 Å². The molecule has 5 heterocycles. The third-order valence-corrected chi connectivity index (χ3v) is 7.58. The molecule has 3 aliphatic rings. The van der Waals surface area contributed by atoms with Crippen LogP contribution in [-0.2, 0) is 11.3 Å². The van der Waals surface area contributed by atoms with Gasteiger partial charge in [0.15, 0.2) is 5.82 Å². The van der Waals surface area contributed by atoms with Crippen LogP contribution in [0, 0.1) is 0 Å². The minimum absolute atomic E-state index is 0.000817. The summed E-state index contributed by atoms with van der Waals surface area (Å²) in [6.07, 6.45) is 4.34. The van der Waals surface area contributed by atoms with Gasteiger partial charge < -0.3 is 14.8 Å². The molecule has 0 spiro atoms. The van der Waals surface area contributed by atoms with Crippen molar-refractivity contribution in [1.29, 1.82) is 0 Å². The Labute approximate surface area is 212 Å². The van der Waals surface area contributed by atoms with Gasteiger partial charge in [0, 0.05) is 49.1 Å². The molecule has 37 heavy (non-hydrogen) atoms. The van der Waals surface area contributed by atoms with Gasteiger partial charge in [-0.1, -0.05) is 12.1 Å². The molecule has 2 N–H and O–H groups in total. The maximum Gasteiger partial charge on any atom is 0.274 e. The molecule has 10 nitrogen and oxygen atoms in total. The highest BCUT2D eigenvalue weighted by Gasteiger charge is 2.34. The average molecular weight is 498 g/mol. The Morgan fingerprint density at radius 3 is 2.84 bits per heavy atom. The van der Waals surface area contributed by atoms with Gasteiger partial charge in [-0.2, -0.15) is 0 Å². The van der Waals surface area contributed by atoms with E-state index in [-0.39, 0.29) is 11.7 Å². The molecule has 7 rings (SSSR count). The van der Waals surface area contributed by atoms with Crippen LogP contribution in [-0.4, -0.2) is 62.9 Å². The molecule has 2 aromatic carbocycles. The van der Waals surface area contributed by atoms with Gasteiger partial charge in [-0.05, 0) is 31.2 Å². The second-order valence-electron chi connectivity index (χ2n) is 9.83. The SMILES string of the molecule is COC1=Nc2cc(-c3ncccn3)cc3c2NC1c1cccc2c(=O)n([nH]c12)CCN1CC(C[C@H]1C)O3. The van der Waals surface area contributed by atoms with E-state index in [4.69, 9.17) is 14.5 Å². The van der Waals surface area contributed by atoms with Crippen LogP contribution in [0.3, 0.4) is 0 Å². The van der Waals surface area contributed by atoms with Crippen LogP contribution < -0.4 is 15.6 Å². The Morgan fingerprint density at radius 1 is 1.14 bits per heavy atom. The number of rotatable bonds is 1. The molecule has 0 radical (unpaired) electrons. The maximum absolute atomic E-state index is 13.2. The summed E-state index contributed by atoms with van der Waals surface area (Å²) in [5, 5.41) is 7.65. The van der Waals surface area contributed by atoms with Crippen molar-refractivity contribution in [1.82, 2.24) is 24.6 Å². The Balaban J connectivity index is 1.45. The lowest BCUT2D eigenvalue weighted by atomic mass is 10.0. The summed E-state index contributed by atoms with van der Waals surface area (Å²) >= 11 is 0. The third-order valence-electron chi connectivity index (χ3n) is 7.58. The molecule has 3 unspecified atom stereocenters. The fourth-order valence-electron chi connectivity index (χ4n) is 5.72. The topological polar surface area (TPSA) is 110 Å². The van der Waals surface area contributed by atoms with Crippen LogP contribution >= 0.6 is 0 Å². The van der Waals surface area contributed by atoms with Gasteiger partial charge in [-0.15, -0.1) is 0 Å². The minimum Gasteiger partial charge on any atom is -0.487 e. The smallest absolute Gasteiger partial charge is 0.274 e. The van der Waals surface area contributed by atoms with Gasteiger partial charge in [0.1, 0.15) is 23.6 Å². The van der Waals surface area contributed by atoms with Crippen LogP contribution in [0.5, 0.6) is 5.75 Å². The quantitative estimate of drug-likeness (QED) is 0.414. The van der Waals surface area contributed by atoms with Crippen LogP contribution in [0.25, 0.3) is 22.3 Å². The predicted molar refractivity (Wildman–Crippen MR) is 141 cm³/mol. The first kappa shape index (κ1) is 22.1. The molecule has 3 aliphatic heterocycles. The fraction of sp³-hybridized carbons (Fsp3) is 0.333. The second kappa shape index (κ2) is 8.45. The van der Waals surface area contributed by atoms with Crippen molar-refractivity contribution >= 4 is 28.2 Å². The minimum atomic E-state index is -0.407. The van der Waals surface area contributed by atoms with Crippen molar-refractivity contribution < 1.29 is 9.47 Å². The van der Waals surface area contributed by atoms with Crippen molar-refractivity contribution in [3.05, 3.63) is 64.7 Å². The molecule has 188 valence electrons. The summed E-state index contributed by atoms with van der Waals surface area (Å²) < 4.78 is 14.2. The summed E-state index contributed by atoms with van der Waals surface area (Å²) in [6.45, 7) is 4.31. The molecular formula is C27H27N7O3. The molecule has 10 heteroatoms. The van der Waals surface area contributed by atoms with Crippen molar-refractivity contribution in [2.75, 3.05) is 25.5 Å². The van der Waals surface area contributed by atoms with Crippen molar-refractivity contribution in [3.63, 3.8) is 0 Å². The van der Waals surface area contributed by atoms with E-state index in [9.17, 15) is 4.79 Å². The standard InChI is InChI=1S/C27H27N7O3/c1-15-11-17-14-33(15)9-10-34-27(35)19-6-3-5-18(22(19)32-34)23-26(36-2)30-20-12-16(25-28-7-4-8-29-25)13-21(37-17)24(20)31-23/h3-8,12-13,15,17,23,31-32H,9-11,14H2,1-2H3/t15-,17?,23?/m1/s1. The van der Waals surface area contributed by atoms with E-state index in [2.05, 4.69) is 32.2 Å². The van der Waals surface area contributed by atoms with E-state index in [1.54, 1.807) is 30.3 Å². The van der Waals surface area contributed by atoms with E-state index in [1.807, 2.05) is 30.3 Å². The van der Waals surface area contributed by atoms with Crippen LogP contribution in [0.15, 0.2) is 58.6 Å². The maximum atomic E-state index is 13.2. The molecule has 1 saturated heterocycles. The highest BCUT2D eigenvalue weighted by atomic mass is 16.5. The normalized spacial score (nSPS) is 24.2. The number of aromatic amines is 1. The zero-order valence-electron chi connectivity index (χ0n) is 20.6. The molecule has 2 aromatic heterocycles. The molecule has 4 aromatic rings. The Bertz CT molecular complexity index is 1590. The summed E-state index contributed by atoms with van der Waals surface area (Å²) in [5.74, 6) is 1.81. The third kappa shape index (κ3) is 3.59. The van der Waals surface area contributed by atoms with Crippen LogP contribution in [0.4, 0.5) is 11.4 Å². The molecule has 6 bridgehead atoms. The lowest BCUT2D eigenvalue weighted by Gasteiger charge is -2.29.